The minimum atomic E-state index is -4.60. The number of anilines is 1. The molecular weight excluding hydrogens is 285 g/mol. The summed E-state index contributed by atoms with van der Waals surface area (Å²) in [7, 11) is 0. The topological polar surface area (TPSA) is 54.0 Å². The molecule has 19 heavy (non-hydrogen) atoms. The lowest BCUT2D eigenvalue weighted by Crippen LogP contribution is -2.54. The minimum Gasteiger partial charge on any atom is -0.349 e. The molecule has 1 saturated heterocycles. The van der Waals surface area contributed by atoms with Gasteiger partial charge in [0.2, 0.25) is 0 Å². The zero-order chi connectivity index (χ0) is 13.6. The number of aromatic amines is 1. The molecular formula is C10H8ClF3N4O. The molecule has 2 aromatic rings. The van der Waals surface area contributed by atoms with Gasteiger partial charge in [-0.3, -0.25) is 9.84 Å². The third-order valence-electron chi connectivity index (χ3n) is 2.84. The van der Waals surface area contributed by atoms with E-state index in [2.05, 4.69) is 19.9 Å². The number of aromatic nitrogens is 3. The van der Waals surface area contributed by atoms with Crippen molar-refractivity contribution in [3.63, 3.8) is 0 Å². The first-order valence-corrected chi connectivity index (χ1v) is 5.79. The first-order valence-electron chi connectivity index (χ1n) is 5.41. The lowest BCUT2D eigenvalue weighted by Gasteiger charge is -2.39. The summed E-state index contributed by atoms with van der Waals surface area (Å²) in [5.41, 5.74) is 0.690. The van der Waals surface area contributed by atoms with E-state index >= 15 is 0 Å². The summed E-state index contributed by atoms with van der Waals surface area (Å²) in [6.07, 6.45) is -3.92. The van der Waals surface area contributed by atoms with Crippen LogP contribution in [0.2, 0.25) is 5.15 Å². The Morgan fingerprint density at radius 1 is 1.42 bits per heavy atom. The molecule has 1 N–H and O–H groups in total. The predicted molar refractivity (Wildman–Crippen MR) is 62.0 cm³/mol. The molecule has 0 amide bonds. The number of nitrogens with one attached hydrogen (secondary N) is 1. The fourth-order valence-corrected chi connectivity index (χ4v) is 2.15. The monoisotopic (exact) mass is 292 g/mol. The minimum absolute atomic E-state index is 0.141. The third-order valence-corrected chi connectivity index (χ3v) is 3.05. The maximum Gasteiger partial charge on any atom is 0.522 e. The first kappa shape index (κ1) is 12.5. The second kappa shape index (κ2) is 4.24. The van der Waals surface area contributed by atoms with Crippen molar-refractivity contribution in [3.05, 3.63) is 17.4 Å². The largest absolute Gasteiger partial charge is 0.522 e. The van der Waals surface area contributed by atoms with Crippen LogP contribution in [0.5, 0.6) is 0 Å². The van der Waals surface area contributed by atoms with Gasteiger partial charge in [-0.2, -0.15) is 5.10 Å². The summed E-state index contributed by atoms with van der Waals surface area (Å²) in [5.74, 6) is 0.557. The van der Waals surface area contributed by atoms with E-state index < -0.39 is 12.5 Å². The molecule has 9 heteroatoms. The molecule has 5 nitrogen and oxygen atoms in total. The van der Waals surface area contributed by atoms with Crippen LogP contribution in [0.15, 0.2) is 12.3 Å². The van der Waals surface area contributed by atoms with E-state index in [0.717, 1.165) is 5.39 Å². The van der Waals surface area contributed by atoms with Gasteiger partial charge in [0.25, 0.3) is 0 Å². The number of hydrogen-bond donors (Lipinski definition) is 1. The standard InChI is InChI=1S/C10H8ClF3N4O/c11-8-1-7-6(2-15-8)9(17-16-7)18-3-5(4-18)19-10(12,13)14/h1-2,5H,3-4H2,(H,16,17). The van der Waals surface area contributed by atoms with Crippen LogP contribution in [-0.4, -0.2) is 40.7 Å². The quantitative estimate of drug-likeness (QED) is 0.863. The van der Waals surface area contributed by atoms with E-state index in [4.69, 9.17) is 11.6 Å². The van der Waals surface area contributed by atoms with Gasteiger partial charge in [-0.1, -0.05) is 11.6 Å². The molecule has 0 atom stereocenters. The Bertz CT molecular complexity index is 608. The predicted octanol–water partition coefficient (Wildman–Crippen LogP) is 2.34. The lowest BCUT2D eigenvalue weighted by molar-refractivity contribution is -0.344. The number of H-pyrrole nitrogens is 1. The molecule has 0 spiro atoms. The van der Waals surface area contributed by atoms with Gasteiger partial charge in [0.15, 0.2) is 5.82 Å². The molecule has 0 unspecified atom stereocenters. The summed E-state index contributed by atoms with van der Waals surface area (Å²) in [6, 6.07) is 1.61. The van der Waals surface area contributed by atoms with E-state index in [9.17, 15) is 13.2 Å². The van der Waals surface area contributed by atoms with Gasteiger partial charge in [0.05, 0.1) is 10.9 Å². The van der Waals surface area contributed by atoms with E-state index in [1.807, 2.05) is 0 Å². The summed E-state index contributed by atoms with van der Waals surface area (Å²) < 4.78 is 39.9. The average Bonchev–Trinajstić information content (AvgIpc) is 2.64. The van der Waals surface area contributed by atoms with Crippen molar-refractivity contribution in [1.29, 1.82) is 0 Å². The second-order valence-electron chi connectivity index (χ2n) is 4.19. The van der Waals surface area contributed by atoms with Crippen molar-refractivity contribution in [2.24, 2.45) is 0 Å². The van der Waals surface area contributed by atoms with Crippen LogP contribution in [0.4, 0.5) is 19.0 Å². The van der Waals surface area contributed by atoms with Crippen LogP contribution in [-0.2, 0) is 4.74 Å². The second-order valence-corrected chi connectivity index (χ2v) is 4.58. The highest BCUT2D eigenvalue weighted by molar-refractivity contribution is 6.30. The van der Waals surface area contributed by atoms with Crippen LogP contribution in [0.3, 0.4) is 0 Å². The zero-order valence-electron chi connectivity index (χ0n) is 9.41. The Kier molecular flexibility index (Phi) is 2.79. The van der Waals surface area contributed by atoms with Gasteiger partial charge >= 0.3 is 6.36 Å². The van der Waals surface area contributed by atoms with Crippen LogP contribution < -0.4 is 4.90 Å². The van der Waals surface area contributed by atoms with Crippen molar-refractivity contribution in [2.75, 3.05) is 18.0 Å². The van der Waals surface area contributed by atoms with Crippen LogP contribution >= 0.6 is 11.6 Å². The van der Waals surface area contributed by atoms with Gasteiger partial charge in [0, 0.05) is 25.4 Å². The lowest BCUT2D eigenvalue weighted by atomic mass is 10.1. The highest BCUT2D eigenvalue weighted by Gasteiger charge is 2.40. The maximum absolute atomic E-state index is 12.0. The average molecular weight is 293 g/mol. The first-order chi connectivity index (χ1) is 8.92. The highest BCUT2D eigenvalue weighted by atomic mass is 35.5. The number of alkyl halides is 3. The Morgan fingerprint density at radius 2 is 2.16 bits per heavy atom. The van der Waals surface area contributed by atoms with Crippen LogP contribution in [0.1, 0.15) is 0 Å². The Morgan fingerprint density at radius 3 is 2.84 bits per heavy atom. The molecule has 3 heterocycles. The normalized spacial score (nSPS) is 16.9. The molecule has 0 aromatic carbocycles. The zero-order valence-corrected chi connectivity index (χ0v) is 10.2. The van der Waals surface area contributed by atoms with Crippen LogP contribution in [0, 0.1) is 0 Å². The number of ether oxygens (including phenoxy) is 1. The number of rotatable bonds is 2. The molecule has 1 aliphatic heterocycles. The fourth-order valence-electron chi connectivity index (χ4n) is 1.99. The molecule has 0 aliphatic carbocycles. The number of nitrogens with zero attached hydrogens (tertiary/aromatic N) is 3. The summed E-state index contributed by atoms with van der Waals surface area (Å²) >= 11 is 5.73. The third kappa shape index (κ3) is 2.45. The smallest absolute Gasteiger partial charge is 0.349 e. The molecule has 102 valence electrons. The molecule has 3 rings (SSSR count). The number of hydrogen-bond acceptors (Lipinski definition) is 4. The van der Waals surface area contributed by atoms with E-state index in [0.29, 0.717) is 16.5 Å². The number of halogens is 4. The van der Waals surface area contributed by atoms with Gasteiger partial charge in [-0.15, -0.1) is 13.2 Å². The Hall–Kier alpha value is -1.54. The van der Waals surface area contributed by atoms with Gasteiger partial charge < -0.3 is 4.90 Å². The van der Waals surface area contributed by atoms with E-state index in [1.54, 1.807) is 11.0 Å². The van der Waals surface area contributed by atoms with Crippen molar-refractivity contribution < 1.29 is 17.9 Å². The number of pyridine rings is 1. The molecule has 0 saturated carbocycles. The SMILES string of the molecule is FC(F)(F)OC1CN(c2n[nH]c3cc(Cl)ncc23)C1. The Labute approximate surface area is 110 Å². The summed E-state index contributed by atoms with van der Waals surface area (Å²) in [5, 5.41) is 7.86. The van der Waals surface area contributed by atoms with E-state index in [1.165, 1.54) is 6.20 Å². The van der Waals surface area contributed by atoms with Gasteiger partial charge in [-0.05, 0) is 0 Å². The van der Waals surface area contributed by atoms with E-state index in [-0.39, 0.29) is 13.1 Å². The molecule has 0 bridgehead atoms. The molecule has 0 radical (unpaired) electrons. The van der Waals surface area contributed by atoms with Crippen LogP contribution in [0.25, 0.3) is 10.9 Å². The van der Waals surface area contributed by atoms with Gasteiger partial charge in [0.1, 0.15) is 11.3 Å². The van der Waals surface area contributed by atoms with Gasteiger partial charge in [-0.25, -0.2) is 4.98 Å². The number of fused-ring (bicyclic) bond motifs is 1. The molecule has 2 aromatic heterocycles. The van der Waals surface area contributed by atoms with Crippen molar-refractivity contribution in [1.82, 2.24) is 15.2 Å². The van der Waals surface area contributed by atoms with Crippen molar-refractivity contribution in [2.45, 2.75) is 12.5 Å². The Balaban J connectivity index is 1.74. The summed E-state index contributed by atoms with van der Waals surface area (Å²) in [4.78, 5) is 5.61. The van der Waals surface area contributed by atoms with Crippen molar-refractivity contribution >= 4 is 28.3 Å². The fraction of sp³-hybridized carbons (Fsp3) is 0.400. The molecule has 1 aliphatic rings. The van der Waals surface area contributed by atoms with Crippen molar-refractivity contribution in [3.8, 4) is 0 Å². The maximum atomic E-state index is 12.0. The summed E-state index contributed by atoms with van der Waals surface area (Å²) in [6.45, 7) is 0.282. The highest BCUT2D eigenvalue weighted by Crippen LogP contribution is 2.31. The molecule has 1 fully saturated rings.